The first-order valence-corrected chi connectivity index (χ1v) is 8.35. The topological polar surface area (TPSA) is 95.1 Å². The molecule has 6 nitrogen and oxygen atoms in total. The first-order valence-electron chi connectivity index (χ1n) is 8.35. The molecule has 0 unspecified atom stereocenters. The molecule has 134 valence electrons. The van der Waals surface area contributed by atoms with E-state index in [0.29, 0.717) is 28.0 Å². The van der Waals surface area contributed by atoms with Gasteiger partial charge in [0, 0.05) is 11.1 Å². The standard InChI is InChI=1S/C21H17N3O3/c22-12-15-6-1-2-8-17(15)18-9-3-4-10-19(18)21(26)24-14-20(25)23-13-16-7-5-11-27-16/h1-11H,13-14H2,(H,23,25)(H,24,26). The Morgan fingerprint density at radius 3 is 2.41 bits per heavy atom. The second-order valence-corrected chi connectivity index (χ2v) is 5.74. The Bertz CT molecular complexity index is 988. The van der Waals surface area contributed by atoms with Crippen molar-refractivity contribution in [2.45, 2.75) is 6.54 Å². The largest absolute Gasteiger partial charge is 0.467 e. The summed E-state index contributed by atoms with van der Waals surface area (Å²) < 4.78 is 5.14. The number of hydrogen-bond acceptors (Lipinski definition) is 4. The van der Waals surface area contributed by atoms with Crippen molar-refractivity contribution in [3.8, 4) is 17.2 Å². The van der Waals surface area contributed by atoms with Crippen LogP contribution >= 0.6 is 0 Å². The van der Waals surface area contributed by atoms with Gasteiger partial charge in [-0.25, -0.2) is 0 Å². The van der Waals surface area contributed by atoms with E-state index in [-0.39, 0.29) is 24.9 Å². The number of hydrogen-bond donors (Lipinski definition) is 2. The highest BCUT2D eigenvalue weighted by Gasteiger charge is 2.15. The predicted octanol–water partition coefficient (Wildman–Crippen LogP) is 2.86. The van der Waals surface area contributed by atoms with Gasteiger partial charge in [-0.05, 0) is 29.8 Å². The number of furan rings is 1. The van der Waals surface area contributed by atoms with E-state index >= 15 is 0 Å². The van der Waals surface area contributed by atoms with Crippen molar-refractivity contribution in [1.82, 2.24) is 10.6 Å². The Morgan fingerprint density at radius 1 is 0.926 bits per heavy atom. The zero-order valence-electron chi connectivity index (χ0n) is 14.4. The van der Waals surface area contributed by atoms with Crippen LogP contribution in [0.25, 0.3) is 11.1 Å². The fraction of sp³-hybridized carbons (Fsp3) is 0.0952. The maximum Gasteiger partial charge on any atom is 0.252 e. The van der Waals surface area contributed by atoms with Crippen LogP contribution in [0.2, 0.25) is 0 Å². The minimum atomic E-state index is -0.383. The van der Waals surface area contributed by atoms with Gasteiger partial charge in [-0.2, -0.15) is 5.26 Å². The third-order valence-corrected chi connectivity index (χ3v) is 3.96. The SMILES string of the molecule is N#Cc1ccccc1-c1ccccc1C(=O)NCC(=O)NCc1ccco1. The van der Waals surface area contributed by atoms with Crippen LogP contribution < -0.4 is 10.6 Å². The summed E-state index contributed by atoms with van der Waals surface area (Å²) in [5.74, 6) is -0.0747. The van der Waals surface area contributed by atoms with E-state index in [9.17, 15) is 14.9 Å². The molecule has 27 heavy (non-hydrogen) atoms. The van der Waals surface area contributed by atoms with E-state index in [1.54, 1.807) is 54.6 Å². The minimum Gasteiger partial charge on any atom is -0.467 e. The summed E-state index contributed by atoms with van der Waals surface area (Å²) in [5.41, 5.74) is 2.20. The number of benzene rings is 2. The van der Waals surface area contributed by atoms with Gasteiger partial charge in [-0.1, -0.05) is 36.4 Å². The Labute approximate surface area is 156 Å². The molecule has 0 bridgehead atoms. The first-order chi connectivity index (χ1) is 13.2. The van der Waals surface area contributed by atoms with E-state index in [4.69, 9.17) is 4.42 Å². The van der Waals surface area contributed by atoms with Gasteiger partial charge in [0.05, 0.1) is 31.0 Å². The van der Waals surface area contributed by atoms with Crippen LogP contribution in [0.1, 0.15) is 21.7 Å². The van der Waals surface area contributed by atoms with E-state index in [1.807, 2.05) is 6.07 Å². The lowest BCUT2D eigenvalue weighted by atomic mass is 9.95. The second-order valence-electron chi connectivity index (χ2n) is 5.74. The van der Waals surface area contributed by atoms with Crippen molar-refractivity contribution in [2.24, 2.45) is 0 Å². The highest BCUT2D eigenvalue weighted by Crippen LogP contribution is 2.26. The van der Waals surface area contributed by atoms with E-state index in [1.165, 1.54) is 6.26 Å². The van der Waals surface area contributed by atoms with Crippen molar-refractivity contribution in [3.05, 3.63) is 83.8 Å². The predicted molar refractivity (Wildman–Crippen MR) is 99.5 cm³/mol. The number of rotatable bonds is 6. The molecule has 0 atom stereocenters. The van der Waals surface area contributed by atoms with Crippen molar-refractivity contribution in [1.29, 1.82) is 5.26 Å². The summed E-state index contributed by atoms with van der Waals surface area (Å²) >= 11 is 0. The molecule has 0 aliphatic heterocycles. The fourth-order valence-electron chi connectivity index (χ4n) is 2.65. The van der Waals surface area contributed by atoms with Crippen LogP contribution in [-0.2, 0) is 11.3 Å². The molecule has 0 fully saturated rings. The van der Waals surface area contributed by atoms with Crippen molar-refractivity contribution < 1.29 is 14.0 Å². The molecule has 0 saturated carbocycles. The average molecular weight is 359 g/mol. The quantitative estimate of drug-likeness (QED) is 0.707. The number of amides is 2. The Hall–Kier alpha value is -3.85. The summed E-state index contributed by atoms with van der Waals surface area (Å²) in [6, 6.07) is 19.7. The van der Waals surface area contributed by atoms with Gasteiger partial charge in [0.15, 0.2) is 0 Å². The molecular formula is C21H17N3O3. The molecule has 2 amide bonds. The summed E-state index contributed by atoms with van der Waals surface area (Å²) in [6.07, 6.45) is 1.53. The van der Waals surface area contributed by atoms with Crippen molar-refractivity contribution >= 4 is 11.8 Å². The van der Waals surface area contributed by atoms with Gasteiger partial charge < -0.3 is 15.1 Å². The molecule has 3 aromatic rings. The maximum atomic E-state index is 12.6. The van der Waals surface area contributed by atoms with E-state index in [0.717, 1.165) is 0 Å². The number of nitriles is 1. The summed E-state index contributed by atoms with van der Waals surface area (Å²) in [5, 5.41) is 14.6. The van der Waals surface area contributed by atoms with Crippen molar-refractivity contribution in [2.75, 3.05) is 6.54 Å². The number of carbonyl (C=O) groups excluding carboxylic acids is 2. The second kappa shape index (κ2) is 8.50. The minimum absolute atomic E-state index is 0.159. The average Bonchev–Trinajstić information content (AvgIpc) is 3.24. The molecule has 3 rings (SSSR count). The highest BCUT2D eigenvalue weighted by molar-refractivity contribution is 6.02. The zero-order chi connectivity index (χ0) is 19.1. The lowest BCUT2D eigenvalue weighted by molar-refractivity contribution is -0.120. The van der Waals surface area contributed by atoms with E-state index in [2.05, 4.69) is 16.7 Å². The molecule has 0 radical (unpaired) electrons. The van der Waals surface area contributed by atoms with E-state index < -0.39 is 0 Å². The highest BCUT2D eigenvalue weighted by atomic mass is 16.3. The first kappa shape index (κ1) is 18.0. The Balaban J connectivity index is 1.69. The Morgan fingerprint density at radius 2 is 1.67 bits per heavy atom. The molecule has 0 aliphatic rings. The smallest absolute Gasteiger partial charge is 0.252 e. The van der Waals surface area contributed by atoms with Crippen LogP contribution in [0.4, 0.5) is 0 Å². The molecule has 1 aromatic heterocycles. The Kier molecular flexibility index (Phi) is 5.65. The molecule has 0 spiro atoms. The molecule has 2 N–H and O–H groups in total. The summed E-state index contributed by atoms with van der Waals surface area (Å²) in [4.78, 5) is 24.5. The third-order valence-electron chi connectivity index (χ3n) is 3.96. The molecular weight excluding hydrogens is 342 g/mol. The normalized spacial score (nSPS) is 10.0. The van der Waals surface area contributed by atoms with Crippen LogP contribution in [0.5, 0.6) is 0 Å². The monoisotopic (exact) mass is 359 g/mol. The molecule has 6 heteroatoms. The molecule has 0 aliphatic carbocycles. The lowest BCUT2D eigenvalue weighted by Crippen LogP contribution is -2.36. The van der Waals surface area contributed by atoms with Crippen LogP contribution in [-0.4, -0.2) is 18.4 Å². The third kappa shape index (κ3) is 4.41. The number of nitrogens with zero attached hydrogens (tertiary/aromatic N) is 1. The summed E-state index contributed by atoms with van der Waals surface area (Å²) in [6.45, 7) is 0.0988. The van der Waals surface area contributed by atoms with Crippen molar-refractivity contribution in [3.63, 3.8) is 0 Å². The van der Waals surface area contributed by atoms with Gasteiger partial charge >= 0.3 is 0 Å². The zero-order valence-corrected chi connectivity index (χ0v) is 14.4. The van der Waals surface area contributed by atoms with Gasteiger partial charge in [0.2, 0.25) is 5.91 Å². The molecule has 1 heterocycles. The molecule has 0 saturated heterocycles. The van der Waals surface area contributed by atoms with Crippen LogP contribution in [0, 0.1) is 11.3 Å². The van der Waals surface area contributed by atoms with Gasteiger partial charge in [0.25, 0.3) is 5.91 Å². The number of carbonyl (C=O) groups is 2. The lowest BCUT2D eigenvalue weighted by Gasteiger charge is -2.11. The van der Waals surface area contributed by atoms with Crippen LogP contribution in [0.3, 0.4) is 0 Å². The molecule has 2 aromatic carbocycles. The van der Waals surface area contributed by atoms with Gasteiger partial charge in [-0.15, -0.1) is 0 Å². The van der Waals surface area contributed by atoms with Gasteiger partial charge in [-0.3, -0.25) is 9.59 Å². The fourth-order valence-corrected chi connectivity index (χ4v) is 2.65. The van der Waals surface area contributed by atoms with Crippen LogP contribution in [0.15, 0.2) is 71.3 Å². The maximum absolute atomic E-state index is 12.6. The van der Waals surface area contributed by atoms with Gasteiger partial charge in [0.1, 0.15) is 5.76 Å². The number of nitrogens with one attached hydrogen (secondary N) is 2. The summed E-state index contributed by atoms with van der Waals surface area (Å²) in [7, 11) is 0.